The Bertz CT molecular complexity index is 834. The lowest BCUT2D eigenvalue weighted by Gasteiger charge is -2.13. The van der Waals surface area contributed by atoms with Gasteiger partial charge in [0.05, 0.1) is 0 Å². The van der Waals surface area contributed by atoms with E-state index in [1.807, 2.05) is 23.6 Å². The summed E-state index contributed by atoms with van der Waals surface area (Å²) in [6.45, 7) is 2.08. The SMILES string of the molecule is CC(Cc1ccccc1)c1sccc1S(=O)(=O)n1cccc1. The first-order chi connectivity index (χ1) is 10.6. The molecule has 1 unspecified atom stereocenters. The molecule has 0 saturated carbocycles. The summed E-state index contributed by atoms with van der Waals surface area (Å²) in [7, 11) is -3.49. The molecule has 0 amide bonds. The third kappa shape index (κ3) is 2.87. The molecule has 0 aliphatic carbocycles. The van der Waals surface area contributed by atoms with E-state index in [2.05, 4.69) is 19.1 Å². The molecule has 0 bridgehead atoms. The minimum absolute atomic E-state index is 0.155. The van der Waals surface area contributed by atoms with Crippen LogP contribution < -0.4 is 0 Å². The van der Waals surface area contributed by atoms with Crippen LogP contribution in [0.2, 0.25) is 0 Å². The molecule has 2 aromatic heterocycles. The Morgan fingerprint density at radius 3 is 2.41 bits per heavy atom. The van der Waals surface area contributed by atoms with Crippen molar-refractivity contribution in [2.45, 2.75) is 24.2 Å². The molecule has 22 heavy (non-hydrogen) atoms. The average molecular weight is 331 g/mol. The van der Waals surface area contributed by atoms with E-state index in [1.54, 1.807) is 30.6 Å². The van der Waals surface area contributed by atoms with Gasteiger partial charge in [0, 0.05) is 17.3 Å². The minimum Gasteiger partial charge on any atom is -0.249 e. The third-order valence-electron chi connectivity index (χ3n) is 3.62. The van der Waals surface area contributed by atoms with Crippen molar-refractivity contribution in [3.63, 3.8) is 0 Å². The molecule has 0 N–H and O–H groups in total. The van der Waals surface area contributed by atoms with Gasteiger partial charge in [-0.15, -0.1) is 11.3 Å². The third-order valence-corrected chi connectivity index (χ3v) is 6.61. The molecule has 3 rings (SSSR count). The molecule has 0 spiro atoms. The second-order valence-electron chi connectivity index (χ2n) is 5.26. The standard InChI is InChI=1S/C17H17NO2S2/c1-14(13-15-7-3-2-4-8-15)17-16(9-12-21-17)22(19,20)18-10-5-6-11-18/h2-12,14H,13H2,1H3. The first kappa shape index (κ1) is 15.1. The van der Waals surface area contributed by atoms with Gasteiger partial charge < -0.3 is 0 Å². The van der Waals surface area contributed by atoms with Gasteiger partial charge in [0.2, 0.25) is 0 Å². The Hall–Kier alpha value is -1.85. The lowest BCUT2D eigenvalue weighted by atomic mass is 10.00. The molecule has 0 fully saturated rings. The molecule has 0 aliphatic rings. The molecule has 5 heteroatoms. The second kappa shape index (κ2) is 6.10. The predicted molar refractivity (Wildman–Crippen MR) is 89.9 cm³/mol. The molecule has 1 atom stereocenters. The van der Waals surface area contributed by atoms with E-state index < -0.39 is 10.0 Å². The normalized spacial score (nSPS) is 13.1. The molecule has 0 saturated heterocycles. The molecule has 114 valence electrons. The smallest absolute Gasteiger partial charge is 0.249 e. The molecular weight excluding hydrogens is 314 g/mol. The maximum Gasteiger partial charge on any atom is 0.268 e. The first-order valence-electron chi connectivity index (χ1n) is 7.09. The zero-order valence-corrected chi connectivity index (χ0v) is 13.8. The van der Waals surface area contributed by atoms with Crippen molar-refractivity contribution >= 4 is 21.4 Å². The zero-order valence-electron chi connectivity index (χ0n) is 12.2. The van der Waals surface area contributed by atoms with Crippen LogP contribution in [0.4, 0.5) is 0 Å². The van der Waals surface area contributed by atoms with Crippen LogP contribution in [0, 0.1) is 0 Å². The number of hydrogen-bond donors (Lipinski definition) is 0. The second-order valence-corrected chi connectivity index (χ2v) is 8.02. The summed E-state index contributed by atoms with van der Waals surface area (Å²) >= 11 is 1.51. The lowest BCUT2D eigenvalue weighted by Crippen LogP contribution is -2.13. The van der Waals surface area contributed by atoms with Crippen LogP contribution in [0.3, 0.4) is 0 Å². The van der Waals surface area contributed by atoms with Gasteiger partial charge >= 0.3 is 0 Å². The zero-order chi connectivity index (χ0) is 15.6. The molecule has 1 aromatic carbocycles. The number of thiophene rings is 1. The van der Waals surface area contributed by atoms with Gasteiger partial charge in [0.15, 0.2) is 0 Å². The quantitative estimate of drug-likeness (QED) is 0.705. The van der Waals surface area contributed by atoms with Crippen LogP contribution in [-0.4, -0.2) is 12.4 Å². The van der Waals surface area contributed by atoms with E-state index in [-0.39, 0.29) is 5.92 Å². The maximum atomic E-state index is 12.7. The number of nitrogens with zero attached hydrogens (tertiary/aromatic N) is 1. The van der Waals surface area contributed by atoms with Crippen molar-refractivity contribution in [2.75, 3.05) is 0 Å². The number of hydrogen-bond acceptors (Lipinski definition) is 3. The fraction of sp³-hybridized carbons (Fsp3) is 0.176. The van der Waals surface area contributed by atoms with Gasteiger partial charge in [-0.25, -0.2) is 12.4 Å². The lowest BCUT2D eigenvalue weighted by molar-refractivity contribution is 0.585. The average Bonchev–Trinajstić information content (AvgIpc) is 3.20. The van der Waals surface area contributed by atoms with Crippen LogP contribution in [0.25, 0.3) is 0 Å². The Labute approximate surface area is 134 Å². The summed E-state index contributed by atoms with van der Waals surface area (Å²) in [6, 6.07) is 15.3. The van der Waals surface area contributed by atoms with Crippen LogP contribution in [-0.2, 0) is 16.4 Å². The van der Waals surface area contributed by atoms with E-state index in [9.17, 15) is 8.42 Å². The molecule has 3 nitrogen and oxygen atoms in total. The fourth-order valence-corrected chi connectivity index (χ4v) is 5.31. The Kier molecular flexibility index (Phi) is 4.18. The minimum atomic E-state index is -3.49. The van der Waals surface area contributed by atoms with E-state index in [0.29, 0.717) is 4.90 Å². The molecule has 0 aliphatic heterocycles. The largest absolute Gasteiger partial charge is 0.268 e. The van der Waals surface area contributed by atoms with Crippen molar-refractivity contribution < 1.29 is 8.42 Å². The summed E-state index contributed by atoms with van der Waals surface area (Å²) in [5.74, 6) is 0.155. The first-order valence-corrected chi connectivity index (χ1v) is 9.41. The molecule has 3 aromatic rings. The number of aromatic nitrogens is 1. The topological polar surface area (TPSA) is 39.1 Å². The number of benzene rings is 1. The monoisotopic (exact) mass is 331 g/mol. The highest BCUT2D eigenvalue weighted by molar-refractivity contribution is 7.90. The van der Waals surface area contributed by atoms with Crippen molar-refractivity contribution in [2.24, 2.45) is 0 Å². The van der Waals surface area contributed by atoms with E-state index in [4.69, 9.17) is 0 Å². The maximum absolute atomic E-state index is 12.7. The van der Waals surface area contributed by atoms with Gasteiger partial charge in [-0.05, 0) is 41.5 Å². The van der Waals surface area contributed by atoms with Gasteiger partial charge in [0.1, 0.15) is 4.90 Å². The van der Waals surface area contributed by atoms with Crippen molar-refractivity contribution in [3.05, 3.63) is 76.7 Å². The van der Waals surface area contributed by atoms with E-state index in [1.165, 1.54) is 20.9 Å². The van der Waals surface area contributed by atoms with Crippen LogP contribution in [0.1, 0.15) is 23.3 Å². The molecular formula is C17H17NO2S2. The highest BCUT2D eigenvalue weighted by Gasteiger charge is 2.24. The Balaban J connectivity index is 1.92. The van der Waals surface area contributed by atoms with Crippen molar-refractivity contribution in [1.82, 2.24) is 3.97 Å². The summed E-state index contributed by atoms with van der Waals surface area (Å²) < 4.78 is 26.7. The van der Waals surface area contributed by atoms with Gasteiger partial charge in [-0.1, -0.05) is 37.3 Å². The summed E-state index contributed by atoms with van der Waals surface area (Å²) in [5.41, 5.74) is 1.22. The summed E-state index contributed by atoms with van der Waals surface area (Å²) in [4.78, 5) is 1.33. The van der Waals surface area contributed by atoms with E-state index >= 15 is 0 Å². The van der Waals surface area contributed by atoms with E-state index in [0.717, 1.165) is 11.3 Å². The van der Waals surface area contributed by atoms with Crippen molar-refractivity contribution in [1.29, 1.82) is 0 Å². The highest BCUT2D eigenvalue weighted by atomic mass is 32.2. The highest BCUT2D eigenvalue weighted by Crippen LogP contribution is 2.32. The number of rotatable bonds is 5. The molecule has 0 radical (unpaired) electrons. The predicted octanol–water partition coefficient (Wildman–Crippen LogP) is 4.13. The van der Waals surface area contributed by atoms with Crippen LogP contribution >= 0.6 is 11.3 Å². The summed E-state index contributed by atoms with van der Waals surface area (Å²) in [5, 5.41) is 1.85. The summed E-state index contributed by atoms with van der Waals surface area (Å²) in [6.07, 6.45) is 3.97. The van der Waals surface area contributed by atoms with Crippen LogP contribution in [0.15, 0.2) is 71.2 Å². The van der Waals surface area contributed by atoms with Gasteiger partial charge in [0.25, 0.3) is 10.0 Å². The Morgan fingerprint density at radius 2 is 1.73 bits per heavy atom. The van der Waals surface area contributed by atoms with Gasteiger partial charge in [-0.2, -0.15) is 0 Å². The van der Waals surface area contributed by atoms with Gasteiger partial charge in [-0.3, -0.25) is 0 Å². The fourth-order valence-electron chi connectivity index (χ4n) is 2.53. The van der Waals surface area contributed by atoms with Crippen molar-refractivity contribution in [3.8, 4) is 0 Å². The van der Waals surface area contributed by atoms with Crippen LogP contribution in [0.5, 0.6) is 0 Å². The Morgan fingerprint density at radius 1 is 1.05 bits per heavy atom. The molecule has 2 heterocycles.